The van der Waals surface area contributed by atoms with E-state index in [1.54, 1.807) is 12.1 Å². The Bertz CT molecular complexity index is 665. The van der Waals surface area contributed by atoms with Crippen LogP contribution in [-0.4, -0.2) is 52.5 Å². The highest BCUT2D eigenvalue weighted by molar-refractivity contribution is 7.89. The first kappa shape index (κ1) is 17.7. The molecule has 1 aromatic carbocycles. The molecule has 0 atom stereocenters. The molecule has 0 aliphatic carbocycles. The number of esters is 1. The Morgan fingerprint density at radius 2 is 1.91 bits per heavy atom. The van der Waals surface area contributed by atoms with Crippen molar-refractivity contribution in [2.24, 2.45) is 0 Å². The van der Waals surface area contributed by atoms with E-state index in [9.17, 15) is 13.2 Å². The molecule has 2 rings (SSSR count). The van der Waals surface area contributed by atoms with E-state index in [0.717, 1.165) is 42.3 Å². The monoisotopic (exact) mass is 340 g/mol. The Morgan fingerprint density at radius 1 is 1.26 bits per heavy atom. The Balaban J connectivity index is 2.45. The lowest BCUT2D eigenvalue weighted by atomic mass is 10.1. The van der Waals surface area contributed by atoms with Gasteiger partial charge < -0.3 is 9.64 Å². The van der Waals surface area contributed by atoms with Crippen LogP contribution in [0.15, 0.2) is 23.1 Å². The second kappa shape index (κ2) is 7.31. The Morgan fingerprint density at radius 3 is 2.48 bits per heavy atom. The van der Waals surface area contributed by atoms with Gasteiger partial charge in [-0.25, -0.2) is 17.5 Å². The Kier molecular flexibility index (Phi) is 5.64. The molecular weight excluding hydrogens is 316 g/mol. The van der Waals surface area contributed by atoms with Gasteiger partial charge >= 0.3 is 5.97 Å². The van der Waals surface area contributed by atoms with Crippen molar-refractivity contribution in [1.82, 2.24) is 4.31 Å². The lowest BCUT2D eigenvalue weighted by Crippen LogP contribution is -2.24. The van der Waals surface area contributed by atoms with Crippen molar-refractivity contribution in [3.63, 3.8) is 0 Å². The third-order valence-corrected chi connectivity index (χ3v) is 5.66. The van der Waals surface area contributed by atoms with Crippen LogP contribution in [0.1, 0.15) is 36.5 Å². The molecule has 1 aliphatic rings. The number of carbonyl (C=O) groups is 1. The topological polar surface area (TPSA) is 66.9 Å². The van der Waals surface area contributed by atoms with E-state index in [2.05, 4.69) is 4.90 Å². The van der Waals surface area contributed by atoms with Crippen LogP contribution in [0.5, 0.6) is 0 Å². The van der Waals surface area contributed by atoms with E-state index in [0.29, 0.717) is 12.2 Å². The first-order chi connectivity index (χ1) is 10.9. The van der Waals surface area contributed by atoms with Gasteiger partial charge in [0, 0.05) is 27.2 Å². The Hall–Kier alpha value is -1.60. The van der Waals surface area contributed by atoms with E-state index < -0.39 is 16.0 Å². The van der Waals surface area contributed by atoms with E-state index in [-0.39, 0.29) is 4.90 Å². The number of anilines is 1. The average molecular weight is 340 g/mol. The van der Waals surface area contributed by atoms with Gasteiger partial charge in [-0.2, -0.15) is 0 Å². The molecule has 0 unspecified atom stereocenters. The summed E-state index contributed by atoms with van der Waals surface area (Å²) in [6.45, 7) is 3.98. The summed E-state index contributed by atoms with van der Waals surface area (Å²) in [5.74, 6) is -0.468. The summed E-state index contributed by atoms with van der Waals surface area (Å²) in [5, 5.41) is 0. The summed E-state index contributed by atoms with van der Waals surface area (Å²) in [5.41, 5.74) is 1.07. The molecule has 7 heteroatoms. The number of sulfonamides is 1. The molecule has 0 spiro atoms. The molecule has 128 valence electrons. The number of nitrogens with zero attached hydrogens (tertiary/aromatic N) is 2. The zero-order chi connectivity index (χ0) is 17.0. The van der Waals surface area contributed by atoms with Gasteiger partial charge in [-0.3, -0.25) is 0 Å². The minimum atomic E-state index is -3.59. The molecule has 0 N–H and O–H groups in total. The lowest BCUT2D eigenvalue weighted by Gasteiger charge is -2.22. The average Bonchev–Trinajstić information content (AvgIpc) is 3.06. The maximum atomic E-state index is 12.4. The highest BCUT2D eigenvalue weighted by Gasteiger charge is 2.25. The molecule has 0 bridgehead atoms. The fourth-order valence-electron chi connectivity index (χ4n) is 2.56. The van der Waals surface area contributed by atoms with Crippen LogP contribution in [0.2, 0.25) is 0 Å². The molecule has 0 saturated carbocycles. The molecular formula is C16H24N2O4S. The first-order valence-electron chi connectivity index (χ1n) is 7.86. The third kappa shape index (κ3) is 3.84. The molecule has 1 fully saturated rings. The molecule has 1 heterocycles. The maximum Gasteiger partial charge on any atom is 0.340 e. The van der Waals surface area contributed by atoms with Crippen LogP contribution in [0.4, 0.5) is 5.69 Å². The molecule has 23 heavy (non-hydrogen) atoms. The zero-order valence-electron chi connectivity index (χ0n) is 13.9. The zero-order valence-corrected chi connectivity index (χ0v) is 14.7. The molecule has 1 aliphatic heterocycles. The molecule has 6 nitrogen and oxygen atoms in total. The van der Waals surface area contributed by atoms with E-state index in [4.69, 9.17) is 4.74 Å². The fourth-order valence-corrected chi connectivity index (χ4v) is 3.48. The number of benzene rings is 1. The van der Waals surface area contributed by atoms with E-state index >= 15 is 0 Å². The third-order valence-electron chi connectivity index (χ3n) is 3.85. The summed E-state index contributed by atoms with van der Waals surface area (Å²) >= 11 is 0. The number of hydrogen-bond donors (Lipinski definition) is 0. The van der Waals surface area contributed by atoms with Crippen molar-refractivity contribution in [3.8, 4) is 0 Å². The van der Waals surface area contributed by atoms with Crippen LogP contribution in [0.3, 0.4) is 0 Å². The van der Waals surface area contributed by atoms with Crippen molar-refractivity contribution in [2.75, 3.05) is 38.7 Å². The van der Waals surface area contributed by atoms with Crippen molar-refractivity contribution in [2.45, 2.75) is 31.1 Å². The highest BCUT2D eigenvalue weighted by Crippen LogP contribution is 2.28. The molecule has 0 radical (unpaired) electrons. The predicted octanol–water partition coefficient (Wildman–Crippen LogP) is 2.10. The molecule has 1 aromatic rings. The minimum absolute atomic E-state index is 0.105. The predicted molar refractivity (Wildman–Crippen MR) is 89.3 cm³/mol. The highest BCUT2D eigenvalue weighted by atomic mass is 32.2. The van der Waals surface area contributed by atoms with Crippen molar-refractivity contribution < 1.29 is 17.9 Å². The second-order valence-corrected chi connectivity index (χ2v) is 7.95. The van der Waals surface area contributed by atoms with Gasteiger partial charge in [-0.05, 0) is 37.5 Å². The number of rotatable bonds is 6. The Labute approximate surface area is 138 Å². The summed E-state index contributed by atoms with van der Waals surface area (Å²) in [6, 6.07) is 4.70. The van der Waals surface area contributed by atoms with E-state index in [1.807, 2.05) is 6.92 Å². The molecule has 1 saturated heterocycles. The quantitative estimate of drug-likeness (QED) is 0.742. The molecule has 0 amide bonds. The van der Waals surface area contributed by atoms with Gasteiger partial charge in [0.1, 0.15) is 0 Å². The maximum absolute atomic E-state index is 12.4. The van der Waals surface area contributed by atoms with Gasteiger partial charge in [0.25, 0.3) is 0 Å². The SMILES string of the molecule is CCCOC(=O)c1cc(S(=O)(=O)N(C)C)ccc1N1CCCC1. The number of hydrogen-bond acceptors (Lipinski definition) is 5. The van der Waals surface area contributed by atoms with Crippen LogP contribution < -0.4 is 4.90 Å². The van der Waals surface area contributed by atoms with Crippen LogP contribution >= 0.6 is 0 Å². The van der Waals surface area contributed by atoms with Gasteiger partial charge in [0.15, 0.2) is 0 Å². The lowest BCUT2D eigenvalue weighted by molar-refractivity contribution is 0.0505. The number of ether oxygens (including phenoxy) is 1. The summed E-state index contributed by atoms with van der Waals surface area (Å²) in [7, 11) is -0.645. The summed E-state index contributed by atoms with van der Waals surface area (Å²) < 4.78 is 31.0. The van der Waals surface area contributed by atoms with Gasteiger partial charge in [-0.15, -0.1) is 0 Å². The largest absolute Gasteiger partial charge is 0.462 e. The van der Waals surface area contributed by atoms with Crippen molar-refractivity contribution >= 4 is 21.7 Å². The fraction of sp³-hybridized carbons (Fsp3) is 0.562. The van der Waals surface area contributed by atoms with Crippen LogP contribution in [0, 0.1) is 0 Å². The van der Waals surface area contributed by atoms with Crippen molar-refractivity contribution in [3.05, 3.63) is 23.8 Å². The van der Waals surface area contributed by atoms with E-state index in [1.165, 1.54) is 20.2 Å². The van der Waals surface area contributed by atoms with Crippen LogP contribution in [-0.2, 0) is 14.8 Å². The van der Waals surface area contributed by atoms with Gasteiger partial charge in [0.05, 0.1) is 22.8 Å². The first-order valence-corrected chi connectivity index (χ1v) is 9.30. The summed E-state index contributed by atoms with van der Waals surface area (Å²) in [4.78, 5) is 14.6. The van der Waals surface area contributed by atoms with Crippen LogP contribution in [0.25, 0.3) is 0 Å². The second-order valence-electron chi connectivity index (χ2n) is 5.80. The number of carbonyl (C=O) groups excluding carboxylic acids is 1. The normalized spacial score (nSPS) is 15.2. The van der Waals surface area contributed by atoms with Gasteiger partial charge in [-0.1, -0.05) is 6.92 Å². The molecule has 0 aromatic heterocycles. The standard InChI is InChI=1S/C16H24N2O4S/c1-4-11-22-16(19)14-12-13(23(20,21)17(2)3)7-8-15(14)18-9-5-6-10-18/h7-8,12H,4-6,9-11H2,1-3H3. The van der Waals surface area contributed by atoms with Crippen molar-refractivity contribution in [1.29, 1.82) is 0 Å². The van der Waals surface area contributed by atoms with Gasteiger partial charge in [0.2, 0.25) is 10.0 Å². The summed E-state index contributed by atoms with van der Waals surface area (Å²) in [6.07, 6.45) is 2.86. The smallest absolute Gasteiger partial charge is 0.340 e. The minimum Gasteiger partial charge on any atom is -0.462 e.